The van der Waals surface area contributed by atoms with Crippen molar-refractivity contribution in [1.29, 1.82) is 5.26 Å². The van der Waals surface area contributed by atoms with Crippen molar-refractivity contribution in [2.75, 3.05) is 34.5 Å². The van der Waals surface area contributed by atoms with Crippen LogP contribution in [-0.4, -0.2) is 40.4 Å². The molecule has 2 aromatic rings. The monoisotopic (exact) mass is 410 g/mol. The number of hydrogen-bond donors (Lipinski definition) is 1. The van der Waals surface area contributed by atoms with E-state index in [2.05, 4.69) is 5.32 Å². The first-order valence-corrected chi connectivity index (χ1v) is 9.48. The molecule has 2 aromatic carbocycles. The van der Waals surface area contributed by atoms with Crippen molar-refractivity contribution in [3.63, 3.8) is 0 Å². The Labute approximate surface area is 176 Å². The Morgan fingerprint density at radius 1 is 1.00 bits per heavy atom. The van der Waals surface area contributed by atoms with Gasteiger partial charge in [-0.05, 0) is 54.8 Å². The quantitative estimate of drug-likeness (QED) is 0.477. The van der Waals surface area contributed by atoms with E-state index in [1.54, 1.807) is 39.5 Å². The van der Waals surface area contributed by atoms with Crippen molar-refractivity contribution in [2.45, 2.75) is 13.3 Å². The lowest BCUT2D eigenvalue weighted by molar-refractivity contribution is -0.117. The average molecular weight is 410 g/mol. The Hall–Kier alpha value is -3.66. The van der Waals surface area contributed by atoms with Gasteiger partial charge in [0.25, 0.3) is 5.91 Å². The van der Waals surface area contributed by atoms with E-state index in [0.29, 0.717) is 48.1 Å². The normalized spacial score (nSPS) is 10.7. The minimum absolute atomic E-state index is 0.00919. The van der Waals surface area contributed by atoms with Crippen LogP contribution in [0, 0.1) is 11.3 Å². The molecule has 0 radical (unpaired) electrons. The Kier molecular flexibility index (Phi) is 8.57. The zero-order valence-corrected chi connectivity index (χ0v) is 17.7. The summed E-state index contributed by atoms with van der Waals surface area (Å²) in [5, 5.41) is 12.2. The van der Waals surface area contributed by atoms with E-state index in [-0.39, 0.29) is 5.57 Å². The molecule has 0 heterocycles. The van der Waals surface area contributed by atoms with Crippen LogP contribution >= 0.6 is 0 Å². The van der Waals surface area contributed by atoms with Crippen molar-refractivity contribution in [3.05, 3.63) is 53.1 Å². The predicted molar refractivity (Wildman–Crippen MR) is 114 cm³/mol. The van der Waals surface area contributed by atoms with Gasteiger partial charge >= 0.3 is 0 Å². The van der Waals surface area contributed by atoms with Crippen LogP contribution < -0.4 is 24.3 Å². The maximum absolute atomic E-state index is 12.4. The third-order valence-electron chi connectivity index (χ3n) is 4.31. The number of benzene rings is 2. The maximum Gasteiger partial charge on any atom is 0.261 e. The highest BCUT2D eigenvalue weighted by molar-refractivity contribution is 6.01. The van der Waals surface area contributed by atoms with Gasteiger partial charge in [-0.15, -0.1) is 0 Å². The van der Waals surface area contributed by atoms with Crippen LogP contribution in [0.15, 0.2) is 42.0 Å². The molecule has 158 valence electrons. The fraction of sp³-hybridized carbons (Fsp3) is 0.304. The van der Waals surface area contributed by atoms with Crippen molar-refractivity contribution < 1.29 is 23.7 Å². The molecule has 2 rings (SSSR count). The van der Waals surface area contributed by atoms with Crippen molar-refractivity contribution in [3.8, 4) is 29.1 Å². The van der Waals surface area contributed by atoms with Crippen LogP contribution in [-0.2, 0) is 11.2 Å². The summed E-state index contributed by atoms with van der Waals surface area (Å²) in [6, 6.07) is 12.8. The molecule has 1 amide bonds. The second-order valence-electron chi connectivity index (χ2n) is 6.21. The Bertz CT molecular complexity index is 947. The number of hydrogen-bond acceptors (Lipinski definition) is 6. The zero-order valence-electron chi connectivity index (χ0n) is 17.7. The van der Waals surface area contributed by atoms with E-state index < -0.39 is 5.91 Å². The first-order valence-electron chi connectivity index (χ1n) is 9.48. The van der Waals surface area contributed by atoms with Gasteiger partial charge in [0.2, 0.25) is 0 Å². The minimum Gasteiger partial charge on any atom is -0.493 e. The molecule has 0 aliphatic rings. The molecule has 30 heavy (non-hydrogen) atoms. The molecule has 0 saturated heterocycles. The number of rotatable bonds is 10. The van der Waals surface area contributed by atoms with Crippen molar-refractivity contribution in [2.24, 2.45) is 0 Å². The summed E-state index contributed by atoms with van der Waals surface area (Å²) in [7, 11) is 4.71. The Morgan fingerprint density at radius 3 is 2.30 bits per heavy atom. The third-order valence-corrected chi connectivity index (χ3v) is 4.31. The van der Waals surface area contributed by atoms with Gasteiger partial charge in [0.05, 0.1) is 27.9 Å². The van der Waals surface area contributed by atoms with E-state index in [1.165, 1.54) is 6.08 Å². The molecular weight excluding hydrogens is 384 g/mol. The summed E-state index contributed by atoms with van der Waals surface area (Å²) < 4.78 is 21.3. The van der Waals surface area contributed by atoms with Crippen LogP contribution in [0.25, 0.3) is 6.08 Å². The number of methoxy groups -OCH3 is 3. The van der Waals surface area contributed by atoms with Gasteiger partial charge in [0.1, 0.15) is 11.6 Å². The molecule has 0 bridgehead atoms. The zero-order chi connectivity index (χ0) is 21.9. The predicted octanol–water partition coefficient (Wildman–Crippen LogP) is 3.38. The van der Waals surface area contributed by atoms with Crippen molar-refractivity contribution >= 4 is 12.0 Å². The number of nitriles is 1. The highest BCUT2D eigenvalue weighted by Crippen LogP contribution is 2.29. The Morgan fingerprint density at radius 2 is 1.67 bits per heavy atom. The van der Waals surface area contributed by atoms with E-state index >= 15 is 0 Å². The lowest BCUT2D eigenvalue weighted by atomic mass is 10.1. The fourth-order valence-corrected chi connectivity index (χ4v) is 2.82. The largest absolute Gasteiger partial charge is 0.493 e. The van der Waals surface area contributed by atoms with Crippen molar-refractivity contribution in [1.82, 2.24) is 5.32 Å². The average Bonchev–Trinajstić information content (AvgIpc) is 2.77. The second-order valence-corrected chi connectivity index (χ2v) is 6.21. The summed E-state index contributed by atoms with van der Waals surface area (Å²) in [5.74, 6) is 1.98. The summed E-state index contributed by atoms with van der Waals surface area (Å²) in [6.45, 7) is 2.72. The van der Waals surface area contributed by atoms with Gasteiger partial charge in [0, 0.05) is 6.54 Å². The highest BCUT2D eigenvalue weighted by Gasteiger charge is 2.11. The molecule has 0 saturated carbocycles. The van der Waals surface area contributed by atoms with Gasteiger partial charge < -0.3 is 24.3 Å². The lowest BCUT2D eigenvalue weighted by Crippen LogP contribution is -2.26. The van der Waals surface area contributed by atoms with Gasteiger partial charge in [0.15, 0.2) is 23.0 Å². The van der Waals surface area contributed by atoms with Crippen LogP contribution in [0.4, 0.5) is 0 Å². The van der Waals surface area contributed by atoms with E-state index in [0.717, 1.165) is 5.56 Å². The molecule has 0 unspecified atom stereocenters. The van der Waals surface area contributed by atoms with Gasteiger partial charge in [-0.2, -0.15) is 5.26 Å². The van der Waals surface area contributed by atoms with E-state index in [4.69, 9.17) is 18.9 Å². The summed E-state index contributed by atoms with van der Waals surface area (Å²) >= 11 is 0. The minimum atomic E-state index is -0.438. The molecule has 0 aliphatic heterocycles. The molecule has 0 aromatic heterocycles. The SMILES string of the molecule is CCOc1cc(/C=C(\C#N)C(=O)NCCc2ccc(OC)c(OC)c2)ccc1OC. The summed E-state index contributed by atoms with van der Waals surface area (Å²) in [5.41, 5.74) is 1.66. The molecular formula is C23H26N2O5. The molecule has 0 fully saturated rings. The first kappa shape index (κ1) is 22.6. The van der Waals surface area contributed by atoms with Gasteiger partial charge in [-0.25, -0.2) is 0 Å². The number of carbonyl (C=O) groups is 1. The number of carbonyl (C=O) groups excluding carboxylic acids is 1. The standard InChI is InChI=1S/C23H26N2O5/c1-5-30-22-14-17(7-9-20(22)28-3)12-18(15-24)23(26)25-11-10-16-6-8-19(27-2)21(13-16)29-4/h6-9,12-14H,5,10-11H2,1-4H3,(H,25,26)/b18-12+. The topological polar surface area (TPSA) is 89.8 Å². The molecule has 0 spiro atoms. The highest BCUT2D eigenvalue weighted by atomic mass is 16.5. The van der Waals surface area contributed by atoms with Crippen LogP contribution in [0.5, 0.6) is 23.0 Å². The van der Waals surface area contributed by atoms with Crippen LogP contribution in [0.3, 0.4) is 0 Å². The van der Waals surface area contributed by atoms with Crippen LogP contribution in [0.1, 0.15) is 18.1 Å². The molecule has 0 aliphatic carbocycles. The molecule has 7 heteroatoms. The number of nitrogens with zero attached hydrogens (tertiary/aromatic N) is 1. The first-order chi connectivity index (χ1) is 14.6. The third kappa shape index (κ3) is 5.92. The number of amides is 1. The lowest BCUT2D eigenvalue weighted by Gasteiger charge is -2.10. The van der Waals surface area contributed by atoms with Crippen LogP contribution in [0.2, 0.25) is 0 Å². The van der Waals surface area contributed by atoms with Gasteiger partial charge in [-0.3, -0.25) is 4.79 Å². The maximum atomic E-state index is 12.4. The van der Waals surface area contributed by atoms with E-state index in [9.17, 15) is 10.1 Å². The Balaban J connectivity index is 2.05. The number of ether oxygens (including phenoxy) is 4. The molecule has 0 atom stereocenters. The fourth-order valence-electron chi connectivity index (χ4n) is 2.82. The number of nitrogens with one attached hydrogen (secondary N) is 1. The summed E-state index contributed by atoms with van der Waals surface area (Å²) in [6.07, 6.45) is 2.11. The van der Waals surface area contributed by atoms with E-state index in [1.807, 2.05) is 31.2 Å². The smallest absolute Gasteiger partial charge is 0.261 e. The molecule has 7 nitrogen and oxygen atoms in total. The second kappa shape index (κ2) is 11.4. The van der Waals surface area contributed by atoms with Gasteiger partial charge in [-0.1, -0.05) is 12.1 Å². The molecule has 1 N–H and O–H groups in total. The summed E-state index contributed by atoms with van der Waals surface area (Å²) in [4.78, 5) is 12.4.